The smallest absolute Gasteiger partial charge is 0.267 e. The van der Waals surface area contributed by atoms with Crippen LogP contribution in [0.1, 0.15) is 49.3 Å². The highest BCUT2D eigenvalue weighted by molar-refractivity contribution is 5.90. The Bertz CT molecular complexity index is 579. The van der Waals surface area contributed by atoms with Gasteiger partial charge in [0.1, 0.15) is 0 Å². The average Bonchev–Trinajstić information content (AvgIpc) is 3.14. The second-order valence-corrected chi connectivity index (χ2v) is 7.01. The van der Waals surface area contributed by atoms with Crippen molar-refractivity contribution in [3.8, 4) is 0 Å². The zero-order valence-electron chi connectivity index (χ0n) is 14.7. The molecule has 0 aromatic heterocycles. The number of hydroxylamine groups is 1. The summed E-state index contributed by atoms with van der Waals surface area (Å²) in [6.45, 7) is 4.22. The van der Waals surface area contributed by atoms with Crippen molar-refractivity contribution < 1.29 is 14.7 Å². The molecule has 0 radical (unpaired) electrons. The number of carbonyl (C=O) groups excluding carboxylic acids is 1. The fourth-order valence-electron chi connectivity index (χ4n) is 3.89. The molecule has 0 bridgehead atoms. The number of likely N-dealkylation sites (tertiary alicyclic amines) is 1. The van der Waals surface area contributed by atoms with Gasteiger partial charge in [-0.2, -0.15) is 0 Å². The maximum absolute atomic E-state index is 11.0. The molecule has 2 fully saturated rings. The van der Waals surface area contributed by atoms with Gasteiger partial charge >= 0.3 is 0 Å². The van der Waals surface area contributed by atoms with Crippen molar-refractivity contribution in [3.63, 3.8) is 0 Å². The van der Waals surface area contributed by atoms with Crippen LogP contribution >= 0.6 is 0 Å². The lowest BCUT2D eigenvalue weighted by Gasteiger charge is -2.28. The minimum absolute atomic E-state index is 0.513. The zero-order chi connectivity index (χ0) is 17.5. The van der Waals surface area contributed by atoms with Crippen LogP contribution in [0, 0.1) is 5.92 Å². The van der Waals surface area contributed by atoms with Gasteiger partial charge in [0.05, 0.1) is 0 Å². The van der Waals surface area contributed by atoms with Gasteiger partial charge in [0.15, 0.2) is 0 Å². The summed E-state index contributed by atoms with van der Waals surface area (Å²) in [5.41, 5.74) is 3.91. The van der Waals surface area contributed by atoms with Gasteiger partial charge in [0, 0.05) is 25.3 Å². The van der Waals surface area contributed by atoms with Crippen LogP contribution in [0.25, 0.3) is 6.08 Å². The SMILES string of the molecule is O=C(C=Cc1ccc([C@@H]2CCCN2CCC2CCOCC2)cc1)NO. The Hall–Kier alpha value is -1.69. The Morgan fingerprint density at radius 2 is 2.00 bits per heavy atom. The van der Waals surface area contributed by atoms with Gasteiger partial charge in [-0.25, -0.2) is 5.48 Å². The normalized spacial score (nSPS) is 22.5. The van der Waals surface area contributed by atoms with E-state index in [4.69, 9.17) is 9.94 Å². The van der Waals surface area contributed by atoms with E-state index in [-0.39, 0.29) is 0 Å². The van der Waals surface area contributed by atoms with Crippen LogP contribution in [-0.4, -0.2) is 42.3 Å². The minimum Gasteiger partial charge on any atom is -0.381 e. The van der Waals surface area contributed by atoms with Crippen LogP contribution in [0.4, 0.5) is 0 Å². The van der Waals surface area contributed by atoms with Gasteiger partial charge in [-0.1, -0.05) is 24.3 Å². The summed E-state index contributed by atoms with van der Waals surface area (Å²) in [4.78, 5) is 13.7. The number of amides is 1. The topological polar surface area (TPSA) is 61.8 Å². The highest BCUT2D eigenvalue weighted by atomic mass is 16.5. The monoisotopic (exact) mass is 344 g/mol. The summed E-state index contributed by atoms with van der Waals surface area (Å²) in [6.07, 6.45) is 9.20. The summed E-state index contributed by atoms with van der Waals surface area (Å²) in [5, 5.41) is 8.51. The van der Waals surface area contributed by atoms with Gasteiger partial charge in [-0.15, -0.1) is 0 Å². The average molecular weight is 344 g/mol. The van der Waals surface area contributed by atoms with E-state index in [1.165, 1.54) is 56.8 Å². The molecule has 5 nitrogen and oxygen atoms in total. The van der Waals surface area contributed by atoms with Crippen LogP contribution in [-0.2, 0) is 9.53 Å². The highest BCUT2D eigenvalue weighted by Gasteiger charge is 2.26. The van der Waals surface area contributed by atoms with Crippen molar-refractivity contribution in [1.29, 1.82) is 0 Å². The molecule has 5 heteroatoms. The molecule has 2 saturated heterocycles. The molecule has 3 rings (SSSR count). The van der Waals surface area contributed by atoms with Crippen molar-refractivity contribution >= 4 is 12.0 Å². The van der Waals surface area contributed by atoms with E-state index < -0.39 is 5.91 Å². The Labute approximate surface area is 149 Å². The predicted molar refractivity (Wildman–Crippen MR) is 97.1 cm³/mol. The van der Waals surface area contributed by atoms with E-state index in [9.17, 15) is 4.79 Å². The predicted octanol–water partition coefficient (Wildman–Crippen LogP) is 3.16. The summed E-state index contributed by atoms with van der Waals surface area (Å²) < 4.78 is 5.46. The maximum atomic E-state index is 11.0. The maximum Gasteiger partial charge on any atom is 0.267 e. The summed E-state index contributed by atoms with van der Waals surface area (Å²) in [7, 11) is 0. The fourth-order valence-corrected chi connectivity index (χ4v) is 3.89. The lowest BCUT2D eigenvalue weighted by atomic mass is 9.96. The minimum atomic E-state index is -0.515. The zero-order valence-corrected chi connectivity index (χ0v) is 14.7. The van der Waals surface area contributed by atoms with Crippen LogP contribution < -0.4 is 5.48 Å². The Balaban J connectivity index is 1.56. The van der Waals surface area contributed by atoms with E-state index in [2.05, 4.69) is 17.0 Å². The Morgan fingerprint density at radius 3 is 2.72 bits per heavy atom. The molecule has 2 aliphatic rings. The molecule has 1 amide bonds. The second kappa shape index (κ2) is 9.13. The first-order valence-electron chi connectivity index (χ1n) is 9.30. The molecule has 1 atom stereocenters. The van der Waals surface area contributed by atoms with Crippen LogP contribution in [0.2, 0.25) is 0 Å². The molecule has 2 aliphatic heterocycles. The molecule has 25 heavy (non-hydrogen) atoms. The molecule has 1 aromatic carbocycles. The molecular formula is C20H28N2O3. The largest absolute Gasteiger partial charge is 0.381 e. The number of ether oxygens (including phenoxy) is 1. The molecule has 136 valence electrons. The van der Waals surface area contributed by atoms with Gasteiger partial charge in [-0.3, -0.25) is 14.9 Å². The molecule has 0 unspecified atom stereocenters. The third-order valence-electron chi connectivity index (χ3n) is 5.39. The standard InChI is InChI=1S/C20H28N2O3/c23-20(21-24)8-5-16-3-6-18(7-4-16)19-2-1-12-22(19)13-9-17-10-14-25-15-11-17/h3-8,17,19,24H,1-2,9-15H2,(H,21,23)/t19-/m0/s1. The lowest BCUT2D eigenvalue weighted by Crippen LogP contribution is -2.27. The Morgan fingerprint density at radius 1 is 1.24 bits per heavy atom. The van der Waals surface area contributed by atoms with Gasteiger partial charge in [-0.05, 0) is 68.3 Å². The molecule has 0 saturated carbocycles. The van der Waals surface area contributed by atoms with Crippen LogP contribution in [0.5, 0.6) is 0 Å². The molecule has 2 heterocycles. The van der Waals surface area contributed by atoms with Crippen molar-refractivity contribution in [1.82, 2.24) is 10.4 Å². The first-order valence-corrected chi connectivity index (χ1v) is 9.30. The van der Waals surface area contributed by atoms with E-state index in [1.54, 1.807) is 11.6 Å². The molecule has 0 aliphatic carbocycles. The van der Waals surface area contributed by atoms with Crippen molar-refractivity contribution in [2.45, 2.75) is 38.1 Å². The molecule has 2 N–H and O–H groups in total. The molecule has 1 aromatic rings. The lowest BCUT2D eigenvalue weighted by molar-refractivity contribution is -0.124. The summed E-state index contributed by atoms with van der Waals surface area (Å²) in [6, 6.07) is 8.90. The van der Waals surface area contributed by atoms with E-state index in [0.717, 1.165) is 24.7 Å². The van der Waals surface area contributed by atoms with E-state index >= 15 is 0 Å². The summed E-state index contributed by atoms with van der Waals surface area (Å²) >= 11 is 0. The fraction of sp³-hybridized carbons (Fsp3) is 0.550. The third kappa shape index (κ3) is 5.14. The van der Waals surface area contributed by atoms with Crippen molar-refractivity contribution in [2.75, 3.05) is 26.3 Å². The second-order valence-electron chi connectivity index (χ2n) is 7.01. The Kier molecular flexibility index (Phi) is 6.62. The quantitative estimate of drug-likeness (QED) is 0.473. The number of carbonyl (C=O) groups is 1. The van der Waals surface area contributed by atoms with E-state index in [0.29, 0.717) is 6.04 Å². The number of hydrogen-bond donors (Lipinski definition) is 2. The first kappa shape index (κ1) is 18.1. The number of nitrogens with zero attached hydrogens (tertiary/aromatic N) is 1. The summed E-state index contributed by atoms with van der Waals surface area (Å²) in [5.74, 6) is 0.305. The highest BCUT2D eigenvalue weighted by Crippen LogP contribution is 2.33. The van der Waals surface area contributed by atoms with Crippen molar-refractivity contribution in [3.05, 3.63) is 41.5 Å². The van der Waals surface area contributed by atoms with E-state index in [1.807, 2.05) is 12.1 Å². The number of rotatable bonds is 6. The number of hydrogen-bond acceptors (Lipinski definition) is 4. The van der Waals surface area contributed by atoms with Gasteiger partial charge < -0.3 is 4.74 Å². The van der Waals surface area contributed by atoms with Gasteiger partial charge in [0.2, 0.25) is 0 Å². The number of benzene rings is 1. The van der Waals surface area contributed by atoms with Gasteiger partial charge in [0.25, 0.3) is 5.91 Å². The number of nitrogens with one attached hydrogen (secondary N) is 1. The van der Waals surface area contributed by atoms with Crippen LogP contribution in [0.15, 0.2) is 30.3 Å². The van der Waals surface area contributed by atoms with Crippen molar-refractivity contribution in [2.24, 2.45) is 5.92 Å². The molecular weight excluding hydrogens is 316 g/mol. The molecule has 0 spiro atoms. The van der Waals surface area contributed by atoms with Crippen LogP contribution in [0.3, 0.4) is 0 Å². The first-order chi connectivity index (χ1) is 12.3. The third-order valence-corrected chi connectivity index (χ3v) is 5.39.